The summed E-state index contributed by atoms with van der Waals surface area (Å²) in [5.74, 6) is 2.78. The minimum absolute atomic E-state index is 0.522. The van der Waals surface area contributed by atoms with Gasteiger partial charge in [0.1, 0.15) is 0 Å². The van der Waals surface area contributed by atoms with Crippen molar-refractivity contribution in [1.29, 1.82) is 0 Å². The van der Waals surface area contributed by atoms with Crippen LogP contribution in [0.3, 0.4) is 0 Å². The Labute approximate surface area is 200 Å². The highest BCUT2D eigenvalue weighted by atomic mass is 16.5. The Bertz CT molecular complexity index is 575. The summed E-state index contributed by atoms with van der Waals surface area (Å²) in [6.45, 7) is 5.62. The lowest BCUT2D eigenvalue weighted by atomic mass is 9.78. The lowest BCUT2D eigenvalue weighted by Gasteiger charge is -2.30. The number of benzene rings is 1. The molecule has 2 aliphatic carbocycles. The Morgan fingerprint density at radius 1 is 0.656 bits per heavy atom. The van der Waals surface area contributed by atoms with E-state index in [9.17, 15) is 0 Å². The van der Waals surface area contributed by atoms with Gasteiger partial charge in [0.05, 0.1) is 6.10 Å². The van der Waals surface area contributed by atoms with E-state index in [1.54, 1.807) is 5.56 Å². The predicted octanol–water partition coefficient (Wildman–Crippen LogP) is 9.63. The highest BCUT2D eigenvalue weighted by Crippen LogP contribution is 2.35. The molecule has 0 aromatic heterocycles. The molecule has 1 aromatic rings. The molecule has 1 heteroatoms. The lowest BCUT2D eigenvalue weighted by Crippen LogP contribution is -2.21. The first-order valence-corrected chi connectivity index (χ1v) is 14.5. The highest BCUT2D eigenvalue weighted by Gasteiger charge is 2.23. The Morgan fingerprint density at radius 3 is 1.97 bits per heavy atom. The molecular formula is C31H52O. The van der Waals surface area contributed by atoms with E-state index in [1.807, 2.05) is 0 Å². The first kappa shape index (κ1) is 25.8. The Kier molecular flexibility index (Phi) is 12.2. The van der Waals surface area contributed by atoms with Gasteiger partial charge in [0.15, 0.2) is 0 Å². The Hall–Kier alpha value is -0.820. The van der Waals surface area contributed by atoms with Gasteiger partial charge in [-0.15, -0.1) is 0 Å². The molecule has 3 rings (SSSR count). The third-order valence-corrected chi connectivity index (χ3v) is 8.47. The minimum atomic E-state index is 0.522. The SMILES string of the molecule is CCCCCCCc1ccc([C@H]2CC[C@H](OCCC[C@H]3CC[C@H](CCC)CC3)CC2)cc1. The molecule has 0 amide bonds. The minimum Gasteiger partial charge on any atom is -0.378 e. The summed E-state index contributed by atoms with van der Waals surface area (Å²) in [5, 5.41) is 0. The first-order chi connectivity index (χ1) is 15.8. The highest BCUT2D eigenvalue weighted by molar-refractivity contribution is 5.26. The van der Waals surface area contributed by atoms with Crippen LogP contribution < -0.4 is 0 Å². The maximum absolute atomic E-state index is 6.31. The van der Waals surface area contributed by atoms with Crippen molar-refractivity contribution in [3.63, 3.8) is 0 Å². The van der Waals surface area contributed by atoms with Gasteiger partial charge >= 0.3 is 0 Å². The third kappa shape index (κ3) is 9.20. The van der Waals surface area contributed by atoms with Crippen LogP contribution in [0.1, 0.15) is 140 Å². The number of hydrogen-bond acceptors (Lipinski definition) is 1. The fourth-order valence-electron chi connectivity index (χ4n) is 6.29. The molecular weight excluding hydrogens is 388 g/mol. The van der Waals surface area contributed by atoms with E-state index in [0.29, 0.717) is 6.10 Å². The van der Waals surface area contributed by atoms with E-state index in [-0.39, 0.29) is 0 Å². The summed E-state index contributed by atoms with van der Waals surface area (Å²) >= 11 is 0. The van der Waals surface area contributed by atoms with Crippen molar-refractivity contribution in [2.45, 2.75) is 141 Å². The van der Waals surface area contributed by atoms with E-state index in [1.165, 1.54) is 121 Å². The van der Waals surface area contributed by atoms with Crippen molar-refractivity contribution in [1.82, 2.24) is 0 Å². The maximum atomic E-state index is 6.31. The smallest absolute Gasteiger partial charge is 0.0575 e. The van der Waals surface area contributed by atoms with E-state index in [2.05, 4.69) is 38.1 Å². The zero-order chi connectivity index (χ0) is 22.4. The van der Waals surface area contributed by atoms with Crippen LogP contribution in [0, 0.1) is 11.8 Å². The molecule has 2 aliphatic rings. The largest absolute Gasteiger partial charge is 0.378 e. The van der Waals surface area contributed by atoms with Crippen LogP contribution in [0.5, 0.6) is 0 Å². The topological polar surface area (TPSA) is 9.23 Å². The molecule has 0 spiro atoms. The number of ether oxygens (including phenoxy) is 1. The van der Waals surface area contributed by atoms with Gasteiger partial charge in [-0.3, -0.25) is 0 Å². The van der Waals surface area contributed by atoms with Crippen LogP contribution in [0.2, 0.25) is 0 Å². The molecule has 0 heterocycles. The van der Waals surface area contributed by atoms with E-state index in [4.69, 9.17) is 4.74 Å². The van der Waals surface area contributed by atoms with E-state index >= 15 is 0 Å². The Balaban J connectivity index is 1.24. The monoisotopic (exact) mass is 440 g/mol. The zero-order valence-electron chi connectivity index (χ0n) is 21.5. The molecule has 2 saturated carbocycles. The molecule has 1 nitrogen and oxygen atoms in total. The van der Waals surface area contributed by atoms with Crippen LogP contribution in [-0.4, -0.2) is 12.7 Å². The average Bonchev–Trinajstić information content (AvgIpc) is 2.84. The molecule has 0 atom stereocenters. The number of unbranched alkanes of at least 4 members (excludes halogenated alkanes) is 4. The van der Waals surface area contributed by atoms with Crippen molar-refractivity contribution in [2.24, 2.45) is 11.8 Å². The Morgan fingerprint density at radius 2 is 1.31 bits per heavy atom. The van der Waals surface area contributed by atoms with Crippen LogP contribution in [0.4, 0.5) is 0 Å². The number of aryl methyl sites for hydroxylation is 1. The molecule has 0 saturated heterocycles. The van der Waals surface area contributed by atoms with Crippen molar-refractivity contribution >= 4 is 0 Å². The molecule has 0 N–H and O–H groups in total. The standard InChI is InChI=1S/C31H52O/c1-3-5-6-7-8-11-27-17-19-29(20-18-27)30-21-23-31(24-22-30)32-25-9-12-28-15-13-26(10-4-2)14-16-28/h17-20,26,28,30-31H,3-16,21-25H2,1-2H3/t26-,28-,30-,31-. The average molecular weight is 441 g/mol. The first-order valence-electron chi connectivity index (χ1n) is 14.5. The van der Waals surface area contributed by atoms with E-state index < -0.39 is 0 Å². The maximum Gasteiger partial charge on any atom is 0.0575 e. The third-order valence-electron chi connectivity index (χ3n) is 8.47. The fraction of sp³-hybridized carbons (Fsp3) is 0.806. The second kappa shape index (κ2) is 15.2. The van der Waals surface area contributed by atoms with Crippen molar-refractivity contribution < 1.29 is 4.74 Å². The fourth-order valence-corrected chi connectivity index (χ4v) is 6.29. The van der Waals surface area contributed by atoms with Crippen LogP contribution in [0.15, 0.2) is 24.3 Å². The van der Waals surface area contributed by atoms with Gasteiger partial charge in [0.25, 0.3) is 0 Å². The molecule has 0 radical (unpaired) electrons. The van der Waals surface area contributed by atoms with Crippen LogP contribution in [0.25, 0.3) is 0 Å². The van der Waals surface area contributed by atoms with Gasteiger partial charge in [0, 0.05) is 6.61 Å². The molecule has 182 valence electrons. The van der Waals surface area contributed by atoms with Gasteiger partial charge in [-0.1, -0.05) is 102 Å². The summed E-state index contributed by atoms with van der Waals surface area (Å²) in [4.78, 5) is 0. The molecule has 0 unspecified atom stereocenters. The summed E-state index contributed by atoms with van der Waals surface area (Å²) in [7, 11) is 0. The van der Waals surface area contributed by atoms with Gasteiger partial charge in [-0.25, -0.2) is 0 Å². The second-order valence-electron chi connectivity index (χ2n) is 11.1. The van der Waals surface area contributed by atoms with Gasteiger partial charge < -0.3 is 4.74 Å². The van der Waals surface area contributed by atoms with Gasteiger partial charge in [0.2, 0.25) is 0 Å². The van der Waals surface area contributed by atoms with Gasteiger partial charge in [-0.05, 0) is 80.2 Å². The summed E-state index contributed by atoms with van der Waals surface area (Å²) < 4.78 is 6.31. The summed E-state index contributed by atoms with van der Waals surface area (Å²) in [5.41, 5.74) is 3.10. The summed E-state index contributed by atoms with van der Waals surface area (Å²) in [6.07, 6.45) is 25.2. The lowest BCUT2D eigenvalue weighted by molar-refractivity contribution is 0.0204. The molecule has 0 bridgehead atoms. The van der Waals surface area contributed by atoms with E-state index in [0.717, 1.165) is 24.4 Å². The number of hydrogen-bond donors (Lipinski definition) is 0. The quantitative estimate of drug-likeness (QED) is 0.262. The van der Waals surface area contributed by atoms with Gasteiger partial charge in [-0.2, -0.15) is 0 Å². The molecule has 0 aliphatic heterocycles. The van der Waals surface area contributed by atoms with Crippen molar-refractivity contribution in [3.8, 4) is 0 Å². The zero-order valence-corrected chi connectivity index (χ0v) is 21.5. The number of rotatable bonds is 14. The van der Waals surface area contributed by atoms with Crippen molar-refractivity contribution in [2.75, 3.05) is 6.61 Å². The molecule has 1 aromatic carbocycles. The van der Waals surface area contributed by atoms with Crippen LogP contribution in [-0.2, 0) is 11.2 Å². The summed E-state index contributed by atoms with van der Waals surface area (Å²) in [6, 6.07) is 9.63. The second-order valence-corrected chi connectivity index (χ2v) is 11.1. The predicted molar refractivity (Wildman–Crippen MR) is 139 cm³/mol. The van der Waals surface area contributed by atoms with Crippen LogP contribution >= 0.6 is 0 Å². The normalized spacial score (nSPS) is 26.3. The molecule has 2 fully saturated rings. The van der Waals surface area contributed by atoms with Crippen molar-refractivity contribution in [3.05, 3.63) is 35.4 Å². The molecule has 32 heavy (non-hydrogen) atoms.